The quantitative estimate of drug-likeness (QED) is 0.0495. The van der Waals surface area contributed by atoms with E-state index < -0.39 is 11.9 Å². The van der Waals surface area contributed by atoms with Crippen LogP contribution >= 0.6 is 0 Å². The second kappa shape index (κ2) is 20.6. The van der Waals surface area contributed by atoms with Gasteiger partial charge in [-0.3, -0.25) is 4.79 Å². The Bertz CT molecular complexity index is 1450. The van der Waals surface area contributed by atoms with E-state index in [0.717, 1.165) is 30.0 Å². The van der Waals surface area contributed by atoms with Gasteiger partial charge in [0.25, 0.3) is 0 Å². The summed E-state index contributed by atoms with van der Waals surface area (Å²) >= 11 is 0. The van der Waals surface area contributed by atoms with Crippen molar-refractivity contribution in [2.24, 2.45) is 5.92 Å². The van der Waals surface area contributed by atoms with Crippen molar-refractivity contribution >= 4 is 17.9 Å². The third-order valence-electron chi connectivity index (χ3n) is 7.45. The summed E-state index contributed by atoms with van der Waals surface area (Å²) in [6, 6.07) is 21.4. The molecule has 0 aliphatic rings. The van der Waals surface area contributed by atoms with Crippen LogP contribution in [0.25, 0.3) is 11.1 Å². The number of carbonyl (C=O) groups excluding carboxylic acids is 3. The van der Waals surface area contributed by atoms with Crippen molar-refractivity contribution in [1.29, 1.82) is 0 Å². The van der Waals surface area contributed by atoms with Crippen LogP contribution in [-0.4, -0.2) is 69.3 Å². The van der Waals surface area contributed by atoms with Gasteiger partial charge in [0, 0.05) is 6.08 Å². The Labute approximate surface area is 289 Å². The highest BCUT2D eigenvalue weighted by atomic mass is 16.6. The van der Waals surface area contributed by atoms with E-state index in [1.54, 1.807) is 36.4 Å². The number of rotatable bonds is 21. The van der Waals surface area contributed by atoms with E-state index in [-0.39, 0.29) is 50.0 Å². The zero-order valence-electron chi connectivity index (χ0n) is 29.1. The first-order valence-corrected chi connectivity index (χ1v) is 16.6. The molecule has 3 atom stereocenters. The van der Waals surface area contributed by atoms with Crippen molar-refractivity contribution in [2.75, 3.05) is 33.0 Å². The number of hydrogen-bond acceptors (Lipinski definition) is 10. The predicted molar refractivity (Wildman–Crippen MR) is 186 cm³/mol. The second-order valence-corrected chi connectivity index (χ2v) is 11.5. The van der Waals surface area contributed by atoms with E-state index in [9.17, 15) is 14.4 Å². The molecule has 0 saturated carbocycles. The van der Waals surface area contributed by atoms with Crippen LogP contribution < -0.4 is 14.2 Å². The monoisotopic (exact) mass is 676 g/mol. The van der Waals surface area contributed by atoms with Gasteiger partial charge in [0.15, 0.2) is 0 Å². The first kappa shape index (κ1) is 38.8. The standard InChI is InChI=1S/C39H48O10/c1-7-30(8-2)38(41)47-25-28(5)45-24-27(4)46-26-29(6)48-35-20-14-33(15-21-35)39(42)49-36-18-12-32(13-19-36)31-10-16-34(17-11-31)43-22-23-44-37(40)9-3/h9-21,27-30H,3,7-8,22-26H2,1-2,4-6H3. The Morgan fingerprint density at radius 1 is 0.653 bits per heavy atom. The molecule has 10 heteroatoms. The van der Waals surface area contributed by atoms with Crippen molar-refractivity contribution in [3.8, 4) is 28.4 Å². The molecule has 0 heterocycles. The lowest BCUT2D eigenvalue weighted by Crippen LogP contribution is -2.28. The molecular formula is C39H48O10. The molecule has 3 rings (SSSR count). The molecule has 3 unspecified atom stereocenters. The first-order valence-electron chi connectivity index (χ1n) is 16.6. The van der Waals surface area contributed by atoms with Gasteiger partial charge in [-0.05, 0) is 93.3 Å². The van der Waals surface area contributed by atoms with Crippen LogP contribution in [0.15, 0.2) is 85.5 Å². The summed E-state index contributed by atoms with van der Waals surface area (Å²) in [6.07, 6.45) is 1.98. The fourth-order valence-corrected chi connectivity index (χ4v) is 4.56. The summed E-state index contributed by atoms with van der Waals surface area (Å²) < 4.78 is 39.0. The fraction of sp³-hybridized carbons (Fsp3) is 0.410. The normalized spacial score (nSPS) is 12.8. The maximum Gasteiger partial charge on any atom is 0.343 e. The van der Waals surface area contributed by atoms with Crippen molar-refractivity contribution in [3.05, 3.63) is 91.0 Å². The van der Waals surface area contributed by atoms with Gasteiger partial charge in [-0.2, -0.15) is 0 Å². The highest BCUT2D eigenvalue weighted by Gasteiger charge is 2.18. The lowest BCUT2D eigenvalue weighted by Gasteiger charge is -2.21. The predicted octanol–water partition coefficient (Wildman–Crippen LogP) is 7.24. The number of hydrogen-bond donors (Lipinski definition) is 0. The number of carbonyl (C=O) groups is 3. The smallest absolute Gasteiger partial charge is 0.343 e. The molecule has 0 aliphatic carbocycles. The summed E-state index contributed by atoms with van der Waals surface area (Å²) in [4.78, 5) is 35.9. The minimum absolute atomic E-state index is 0.0694. The minimum Gasteiger partial charge on any atom is -0.490 e. The third-order valence-corrected chi connectivity index (χ3v) is 7.45. The zero-order chi connectivity index (χ0) is 35.6. The van der Waals surface area contributed by atoms with E-state index in [2.05, 4.69) is 6.58 Å². The highest BCUT2D eigenvalue weighted by Crippen LogP contribution is 2.25. The van der Waals surface area contributed by atoms with Crippen molar-refractivity contribution < 1.29 is 47.5 Å². The van der Waals surface area contributed by atoms with Gasteiger partial charge in [-0.15, -0.1) is 0 Å². The summed E-state index contributed by atoms with van der Waals surface area (Å²) in [5, 5.41) is 0. The first-order chi connectivity index (χ1) is 23.6. The Balaban J connectivity index is 1.37. The SMILES string of the molecule is C=CC(=O)OCCOc1ccc(-c2ccc(OC(=O)c3ccc(OC(C)COC(C)COC(C)COC(=O)C(CC)CC)cc3)cc2)cc1. The fourth-order valence-electron chi connectivity index (χ4n) is 4.56. The molecule has 3 aromatic rings. The minimum atomic E-state index is -0.487. The van der Waals surface area contributed by atoms with Gasteiger partial charge in [-0.1, -0.05) is 44.7 Å². The molecule has 0 aliphatic heterocycles. The van der Waals surface area contributed by atoms with Crippen LogP contribution in [0.4, 0.5) is 0 Å². The van der Waals surface area contributed by atoms with Crippen LogP contribution in [0, 0.1) is 5.92 Å². The van der Waals surface area contributed by atoms with E-state index in [0.29, 0.717) is 36.0 Å². The van der Waals surface area contributed by atoms with E-state index in [1.807, 2.05) is 71.0 Å². The molecule has 0 aromatic heterocycles. The average Bonchev–Trinajstić information content (AvgIpc) is 3.12. The maximum atomic E-state index is 12.8. The van der Waals surface area contributed by atoms with Gasteiger partial charge in [0.1, 0.15) is 43.2 Å². The average molecular weight is 677 g/mol. The maximum absolute atomic E-state index is 12.8. The van der Waals surface area contributed by atoms with Crippen molar-refractivity contribution in [1.82, 2.24) is 0 Å². The topological polar surface area (TPSA) is 116 Å². The molecule has 0 fully saturated rings. The van der Waals surface area contributed by atoms with Gasteiger partial charge >= 0.3 is 17.9 Å². The lowest BCUT2D eigenvalue weighted by atomic mass is 10.0. The Hall–Kier alpha value is -4.67. The summed E-state index contributed by atoms with van der Waals surface area (Å²) in [5.41, 5.74) is 2.29. The van der Waals surface area contributed by atoms with Crippen molar-refractivity contribution in [2.45, 2.75) is 65.8 Å². The summed E-state index contributed by atoms with van der Waals surface area (Å²) in [6.45, 7) is 14.3. The van der Waals surface area contributed by atoms with Crippen molar-refractivity contribution in [3.63, 3.8) is 0 Å². The third kappa shape index (κ3) is 13.8. The van der Waals surface area contributed by atoms with Gasteiger partial charge < -0.3 is 33.2 Å². The molecule has 264 valence electrons. The van der Waals surface area contributed by atoms with Gasteiger partial charge in [0.2, 0.25) is 0 Å². The van der Waals surface area contributed by atoms with E-state index >= 15 is 0 Å². The van der Waals surface area contributed by atoms with Crippen LogP contribution in [0.1, 0.15) is 57.8 Å². The number of esters is 3. The Kier molecular flexibility index (Phi) is 16.3. The van der Waals surface area contributed by atoms with Gasteiger partial charge in [-0.25, -0.2) is 9.59 Å². The highest BCUT2D eigenvalue weighted by molar-refractivity contribution is 5.91. The summed E-state index contributed by atoms with van der Waals surface area (Å²) in [5.74, 6) is 0.454. The molecule has 0 saturated heterocycles. The molecule has 0 amide bonds. The molecule has 49 heavy (non-hydrogen) atoms. The van der Waals surface area contributed by atoms with E-state index in [4.69, 9.17) is 33.2 Å². The largest absolute Gasteiger partial charge is 0.490 e. The molecule has 10 nitrogen and oxygen atoms in total. The molecule has 0 N–H and O–H groups in total. The molecule has 3 aromatic carbocycles. The van der Waals surface area contributed by atoms with Crippen LogP contribution in [-0.2, 0) is 28.5 Å². The summed E-state index contributed by atoms with van der Waals surface area (Å²) in [7, 11) is 0. The molecule has 0 spiro atoms. The van der Waals surface area contributed by atoms with Gasteiger partial charge in [0.05, 0.1) is 36.9 Å². The Morgan fingerprint density at radius 2 is 1.18 bits per heavy atom. The van der Waals surface area contributed by atoms with Crippen LogP contribution in [0.5, 0.6) is 17.2 Å². The van der Waals surface area contributed by atoms with Crippen LogP contribution in [0.2, 0.25) is 0 Å². The molecular weight excluding hydrogens is 628 g/mol. The molecule has 0 radical (unpaired) electrons. The Morgan fingerprint density at radius 3 is 1.76 bits per heavy atom. The van der Waals surface area contributed by atoms with Crippen LogP contribution in [0.3, 0.4) is 0 Å². The molecule has 0 bridgehead atoms. The second-order valence-electron chi connectivity index (χ2n) is 11.5. The zero-order valence-corrected chi connectivity index (χ0v) is 29.1. The number of ether oxygens (including phenoxy) is 7. The lowest BCUT2D eigenvalue weighted by molar-refractivity contribution is -0.153. The van der Waals surface area contributed by atoms with E-state index in [1.165, 1.54) is 0 Å². The number of benzene rings is 3.